The number of aromatic nitrogens is 1. The standard InChI is InChI=1S/C16H18N2O/c1-17-16(13-6-4-8-18-10-13)14-9-12-5-2-3-7-15(12)19-11-14/h2-8,10,14,16-17H,9,11H2,1H3. The fraction of sp³-hybridized carbons (Fsp3) is 0.312. The van der Waals surface area contributed by atoms with E-state index in [1.165, 1.54) is 11.1 Å². The van der Waals surface area contributed by atoms with Crippen LogP contribution in [0.3, 0.4) is 0 Å². The van der Waals surface area contributed by atoms with E-state index in [9.17, 15) is 0 Å². The summed E-state index contributed by atoms with van der Waals surface area (Å²) < 4.78 is 5.88. The second kappa shape index (κ2) is 5.41. The van der Waals surface area contributed by atoms with Crippen molar-refractivity contribution in [1.29, 1.82) is 0 Å². The Morgan fingerprint density at radius 2 is 2.16 bits per heavy atom. The van der Waals surface area contributed by atoms with Crippen molar-refractivity contribution in [2.45, 2.75) is 12.5 Å². The number of hydrogen-bond acceptors (Lipinski definition) is 3. The maximum absolute atomic E-state index is 5.88. The van der Waals surface area contributed by atoms with Gasteiger partial charge in [-0.15, -0.1) is 0 Å². The van der Waals surface area contributed by atoms with E-state index < -0.39 is 0 Å². The molecule has 0 saturated heterocycles. The first kappa shape index (κ1) is 12.2. The van der Waals surface area contributed by atoms with Crippen LogP contribution in [0.15, 0.2) is 48.8 Å². The third-order valence-corrected chi connectivity index (χ3v) is 3.73. The lowest BCUT2D eigenvalue weighted by Crippen LogP contribution is -2.33. The monoisotopic (exact) mass is 254 g/mol. The fourth-order valence-corrected chi connectivity index (χ4v) is 2.80. The number of nitrogens with one attached hydrogen (secondary N) is 1. The van der Waals surface area contributed by atoms with Gasteiger partial charge < -0.3 is 10.1 Å². The van der Waals surface area contributed by atoms with Crippen molar-refractivity contribution in [1.82, 2.24) is 10.3 Å². The average molecular weight is 254 g/mol. The molecule has 1 aliphatic heterocycles. The number of hydrogen-bond donors (Lipinski definition) is 1. The molecule has 3 heteroatoms. The van der Waals surface area contributed by atoms with Gasteiger partial charge in [-0.3, -0.25) is 4.98 Å². The zero-order chi connectivity index (χ0) is 13.1. The lowest BCUT2D eigenvalue weighted by molar-refractivity contribution is 0.188. The molecule has 0 aliphatic carbocycles. The molecule has 1 aliphatic rings. The van der Waals surface area contributed by atoms with Crippen molar-refractivity contribution < 1.29 is 4.74 Å². The van der Waals surface area contributed by atoms with Gasteiger partial charge in [-0.1, -0.05) is 24.3 Å². The number of para-hydroxylation sites is 1. The molecule has 2 unspecified atom stereocenters. The van der Waals surface area contributed by atoms with E-state index in [2.05, 4.69) is 28.5 Å². The lowest BCUT2D eigenvalue weighted by atomic mass is 9.87. The Bertz CT molecular complexity index is 541. The highest BCUT2D eigenvalue weighted by atomic mass is 16.5. The summed E-state index contributed by atoms with van der Waals surface area (Å²) in [6.45, 7) is 0.747. The molecule has 0 bridgehead atoms. The van der Waals surface area contributed by atoms with E-state index in [1.54, 1.807) is 0 Å². The average Bonchev–Trinajstić information content (AvgIpc) is 2.49. The second-order valence-corrected chi connectivity index (χ2v) is 4.94. The Labute approximate surface area is 113 Å². The Balaban J connectivity index is 1.83. The summed E-state index contributed by atoms with van der Waals surface area (Å²) in [7, 11) is 2.00. The topological polar surface area (TPSA) is 34.2 Å². The van der Waals surface area contributed by atoms with Crippen LogP contribution >= 0.6 is 0 Å². The van der Waals surface area contributed by atoms with Gasteiger partial charge in [0.05, 0.1) is 6.61 Å². The van der Waals surface area contributed by atoms with Gasteiger partial charge in [-0.05, 0) is 36.7 Å². The van der Waals surface area contributed by atoms with Crippen molar-refractivity contribution >= 4 is 0 Å². The van der Waals surface area contributed by atoms with Crippen molar-refractivity contribution in [3.05, 3.63) is 59.9 Å². The van der Waals surface area contributed by atoms with E-state index in [-0.39, 0.29) is 6.04 Å². The Morgan fingerprint density at radius 1 is 1.26 bits per heavy atom. The first-order valence-electron chi connectivity index (χ1n) is 6.66. The largest absolute Gasteiger partial charge is 0.493 e. The summed E-state index contributed by atoms with van der Waals surface area (Å²) in [5, 5.41) is 3.40. The molecular formula is C16H18N2O. The molecule has 0 fully saturated rings. The maximum atomic E-state index is 5.88. The van der Waals surface area contributed by atoms with Gasteiger partial charge in [0.15, 0.2) is 0 Å². The van der Waals surface area contributed by atoms with Crippen LogP contribution in [0.5, 0.6) is 5.75 Å². The van der Waals surface area contributed by atoms with Crippen molar-refractivity contribution in [3.63, 3.8) is 0 Å². The van der Waals surface area contributed by atoms with E-state index in [0.29, 0.717) is 5.92 Å². The summed E-state index contributed by atoms with van der Waals surface area (Å²) in [5.41, 5.74) is 2.51. The molecule has 1 aromatic heterocycles. The Hall–Kier alpha value is -1.87. The molecule has 2 aromatic rings. The van der Waals surface area contributed by atoms with E-state index in [0.717, 1.165) is 18.8 Å². The molecule has 0 amide bonds. The van der Waals surface area contributed by atoms with Crippen molar-refractivity contribution in [2.24, 2.45) is 5.92 Å². The van der Waals surface area contributed by atoms with Crippen LogP contribution < -0.4 is 10.1 Å². The van der Waals surface area contributed by atoms with Gasteiger partial charge in [0.1, 0.15) is 5.75 Å². The molecule has 0 saturated carbocycles. The van der Waals surface area contributed by atoms with Crippen LogP contribution in [-0.4, -0.2) is 18.6 Å². The zero-order valence-corrected chi connectivity index (χ0v) is 11.0. The Kier molecular flexibility index (Phi) is 3.47. The summed E-state index contributed by atoms with van der Waals surface area (Å²) in [6, 6.07) is 12.7. The van der Waals surface area contributed by atoms with E-state index in [4.69, 9.17) is 4.74 Å². The van der Waals surface area contributed by atoms with E-state index >= 15 is 0 Å². The summed E-state index contributed by atoms with van der Waals surface area (Å²) in [6.07, 6.45) is 4.78. The highest BCUT2D eigenvalue weighted by Gasteiger charge is 2.27. The van der Waals surface area contributed by atoms with Crippen LogP contribution in [0, 0.1) is 5.92 Å². The predicted molar refractivity (Wildman–Crippen MR) is 75.2 cm³/mol. The third-order valence-electron chi connectivity index (χ3n) is 3.73. The first-order chi connectivity index (χ1) is 9.38. The van der Waals surface area contributed by atoms with Gasteiger partial charge in [0.2, 0.25) is 0 Å². The molecule has 98 valence electrons. The third kappa shape index (κ3) is 2.47. The first-order valence-corrected chi connectivity index (χ1v) is 6.66. The molecule has 1 N–H and O–H groups in total. The van der Waals surface area contributed by atoms with Crippen molar-refractivity contribution in [3.8, 4) is 5.75 Å². The van der Waals surface area contributed by atoms with Crippen LogP contribution in [0.1, 0.15) is 17.2 Å². The molecule has 2 heterocycles. The number of nitrogens with zero attached hydrogens (tertiary/aromatic N) is 1. The quantitative estimate of drug-likeness (QED) is 0.914. The van der Waals surface area contributed by atoms with Gasteiger partial charge in [-0.25, -0.2) is 0 Å². The SMILES string of the molecule is CNC(c1cccnc1)C1COc2ccccc2C1. The maximum Gasteiger partial charge on any atom is 0.122 e. The molecule has 3 nitrogen and oxygen atoms in total. The molecule has 2 atom stereocenters. The van der Waals surface area contributed by atoms with Gasteiger partial charge in [0, 0.05) is 24.4 Å². The minimum absolute atomic E-state index is 0.280. The van der Waals surface area contributed by atoms with Gasteiger partial charge in [0.25, 0.3) is 0 Å². The fourth-order valence-electron chi connectivity index (χ4n) is 2.80. The number of ether oxygens (including phenoxy) is 1. The summed E-state index contributed by atoms with van der Waals surface area (Å²) in [4.78, 5) is 4.21. The van der Waals surface area contributed by atoms with Crippen LogP contribution in [0.25, 0.3) is 0 Å². The molecular weight excluding hydrogens is 236 g/mol. The second-order valence-electron chi connectivity index (χ2n) is 4.94. The smallest absolute Gasteiger partial charge is 0.122 e. The molecule has 3 rings (SSSR count). The molecule has 19 heavy (non-hydrogen) atoms. The van der Waals surface area contributed by atoms with Crippen LogP contribution in [0.4, 0.5) is 0 Å². The molecule has 0 spiro atoms. The molecule has 0 radical (unpaired) electrons. The van der Waals surface area contributed by atoms with E-state index in [1.807, 2.05) is 37.6 Å². The highest BCUT2D eigenvalue weighted by Crippen LogP contribution is 2.33. The zero-order valence-electron chi connectivity index (χ0n) is 11.0. The summed E-state index contributed by atoms with van der Waals surface area (Å²) in [5.74, 6) is 1.46. The van der Waals surface area contributed by atoms with Crippen LogP contribution in [0.2, 0.25) is 0 Å². The number of benzene rings is 1. The lowest BCUT2D eigenvalue weighted by Gasteiger charge is -2.31. The minimum atomic E-state index is 0.280. The number of fused-ring (bicyclic) bond motifs is 1. The highest BCUT2D eigenvalue weighted by molar-refractivity contribution is 5.35. The summed E-state index contributed by atoms with van der Waals surface area (Å²) >= 11 is 0. The Morgan fingerprint density at radius 3 is 2.95 bits per heavy atom. The predicted octanol–water partition coefficient (Wildman–Crippen LogP) is 2.59. The number of pyridine rings is 1. The normalized spacial score (nSPS) is 19.3. The van der Waals surface area contributed by atoms with Gasteiger partial charge >= 0.3 is 0 Å². The van der Waals surface area contributed by atoms with Crippen LogP contribution in [-0.2, 0) is 6.42 Å². The van der Waals surface area contributed by atoms with Crippen molar-refractivity contribution in [2.75, 3.05) is 13.7 Å². The minimum Gasteiger partial charge on any atom is -0.493 e. The number of rotatable bonds is 3. The van der Waals surface area contributed by atoms with Gasteiger partial charge in [-0.2, -0.15) is 0 Å². The molecule has 1 aromatic carbocycles.